The first-order valence-electron chi connectivity index (χ1n) is 8.49. The summed E-state index contributed by atoms with van der Waals surface area (Å²) < 4.78 is 33.1. The summed E-state index contributed by atoms with van der Waals surface area (Å²) in [7, 11) is 0. The molecule has 3 aromatic rings. The maximum atomic E-state index is 13.6. The molecule has 150 valence electrons. The first-order chi connectivity index (χ1) is 13.8. The van der Waals surface area contributed by atoms with Crippen LogP contribution in [0, 0.1) is 11.6 Å². The quantitative estimate of drug-likeness (QED) is 0.626. The molecule has 0 fully saturated rings. The van der Waals surface area contributed by atoms with Crippen molar-refractivity contribution in [3.8, 4) is 5.75 Å². The van der Waals surface area contributed by atoms with E-state index in [1.165, 1.54) is 37.3 Å². The normalized spacial score (nSPS) is 11.7. The summed E-state index contributed by atoms with van der Waals surface area (Å²) in [6, 6.07) is 9.13. The van der Waals surface area contributed by atoms with Crippen LogP contribution < -0.4 is 21.1 Å². The lowest BCUT2D eigenvalue weighted by atomic mass is 10.2. The van der Waals surface area contributed by atoms with Crippen LogP contribution in [0.15, 0.2) is 53.6 Å². The second-order valence-corrected chi connectivity index (χ2v) is 6.07. The Balaban J connectivity index is 1.59. The van der Waals surface area contributed by atoms with Gasteiger partial charge in [-0.3, -0.25) is 29.8 Å². The summed E-state index contributed by atoms with van der Waals surface area (Å²) in [5.74, 6) is -2.79. The molecule has 3 rings (SSSR count). The summed E-state index contributed by atoms with van der Waals surface area (Å²) in [5.41, 5.74) is 3.94. The van der Waals surface area contributed by atoms with Gasteiger partial charge in [-0.25, -0.2) is 13.8 Å². The van der Waals surface area contributed by atoms with Gasteiger partial charge in [0.15, 0.2) is 17.7 Å². The Morgan fingerprint density at radius 3 is 2.69 bits per heavy atom. The van der Waals surface area contributed by atoms with Crippen LogP contribution in [0.1, 0.15) is 6.92 Å². The van der Waals surface area contributed by atoms with Gasteiger partial charge in [0.05, 0.1) is 17.2 Å². The molecule has 10 heteroatoms. The van der Waals surface area contributed by atoms with Crippen molar-refractivity contribution in [3.63, 3.8) is 0 Å². The molecule has 0 aliphatic heterocycles. The van der Waals surface area contributed by atoms with Crippen LogP contribution in [0.3, 0.4) is 0 Å². The molecule has 29 heavy (non-hydrogen) atoms. The zero-order chi connectivity index (χ0) is 21.0. The average Bonchev–Trinajstić information content (AvgIpc) is 2.70. The monoisotopic (exact) mass is 402 g/mol. The van der Waals surface area contributed by atoms with Crippen LogP contribution in [0.2, 0.25) is 0 Å². The van der Waals surface area contributed by atoms with Crippen LogP contribution in [0.5, 0.6) is 5.75 Å². The Labute approximate surface area is 163 Å². The number of fused-ring (bicyclic) bond motifs is 1. The average molecular weight is 402 g/mol. The Morgan fingerprint density at radius 1 is 1.17 bits per heavy atom. The fourth-order valence-corrected chi connectivity index (χ4v) is 2.46. The Morgan fingerprint density at radius 2 is 1.93 bits per heavy atom. The van der Waals surface area contributed by atoms with Crippen molar-refractivity contribution in [3.05, 3.63) is 70.8 Å². The van der Waals surface area contributed by atoms with Gasteiger partial charge >= 0.3 is 0 Å². The zero-order valence-corrected chi connectivity index (χ0v) is 15.2. The number of nitrogens with zero attached hydrogens (tertiary/aromatic N) is 2. The van der Waals surface area contributed by atoms with E-state index in [4.69, 9.17) is 4.74 Å². The zero-order valence-electron chi connectivity index (χ0n) is 15.2. The minimum atomic E-state index is -1.10. The van der Waals surface area contributed by atoms with Crippen LogP contribution in [-0.2, 0) is 16.1 Å². The molecule has 0 aliphatic rings. The third-order valence-corrected chi connectivity index (χ3v) is 3.93. The van der Waals surface area contributed by atoms with E-state index in [1.807, 2.05) is 0 Å². The topological polar surface area (TPSA) is 102 Å². The summed E-state index contributed by atoms with van der Waals surface area (Å²) in [4.78, 5) is 40.3. The molecule has 1 aromatic heterocycles. The molecule has 0 bridgehead atoms. The highest BCUT2D eigenvalue weighted by molar-refractivity contribution is 5.84. The Bertz CT molecular complexity index is 1130. The SMILES string of the molecule is CC(Oc1ccccc1F)C(=O)NNC(=O)Cn1cnc2ccc(F)cc2c1=O. The van der Waals surface area contributed by atoms with Gasteiger partial charge in [-0.2, -0.15) is 0 Å². The van der Waals surface area contributed by atoms with Crippen molar-refractivity contribution in [2.75, 3.05) is 0 Å². The van der Waals surface area contributed by atoms with E-state index < -0.39 is 41.7 Å². The molecule has 0 spiro atoms. The van der Waals surface area contributed by atoms with Gasteiger partial charge in [0.2, 0.25) is 0 Å². The molecular formula is C19H16F2N4O4. The lowest BCUT2D eigenvalue weighted by molar-refractivity contribution is -0.133. The highest BCUT2D eigenvalue weighted by atomic mass is 19.1. The molecule has 1 unspecified atom stereocenters. The number of para-hydroxylation sites is 1. The largest absolute Gasteiger partial charge is 0.478 e. The second-order valence-electron chi connectivity index (χ2n) is 6.07. The standard InChI is InChI=1S/C19H16F2N4O4/c1-11(29-16-5-3-2-4-14(16)21)18(27)24-23-17(26)9-25-10-22-15-7-6-12(20)8-13(15)19(25)28/h2-8,10-11H,9H2,1H3,(H,23,26)(H,24,27). The molecule has 0 saturated heterocycles. The predicted molar refractivity (Wildman–Crippen MR) is 98.7 cm³/mol. The molecule has 1 atom stereocenters. The van der Waals surface area contributed by atoms with Crippen LogP contribution in [0.25, 0.3) is 10.9 Å². The molecule has 0 radical (unpaired) electrons. The van der Waals surface area contributed by atoms with Gasteiger partial charge in [-0.1, -0.05) is 12.1 Å². The number of halogens is 2. The van der Waals surface area contributed by atoms with E-state index in [1.54, 1.807) is 6.07 Å². The van der Waals surface area contributed by atoms with Crippen LogP contribution in [0.4, 0.5) is 8.78 Å². The van der Waals surface area contributed by atoms with Crippen molar-refractivity contribution >= 4 is 22.7 Å². The third kappa shape index (κ3) is 4.72. The predicted octanol–water partition coefficient (Wildman–Crippen LogP) is 1.29. The first kappa shape index (κ1) is 19.9. The van der Waals surface area contributed by atoms with Gasteiger partial charge in [-0.05, 0) is 37.3 Å². The number of hydrazine groups is 1. The minimum Gasteiger partial charge on any atom is -0.478 e. The summed E-state index contributed by atoms with van der Waals surface area (Å²) >= 11 is 0. The number of aromatic nitrogens is 2. The number of amides is 2. The van der Waals surface area contributed by atoms with Gasteiger partial charge in [0.1, 0.15) is 12.4 Å². The van der Waals surface area contributed by atoms with E-state index in [0.717, 1.165) is 17.0 Å². The molecule has 0 saturated carbocycles. The molecule has 2 amide bonds. The van der Waals surface area contributed by atoms with Crippen molar-refractivity contribution in [1.82, 2.24) is 20.4 Å². The summed E-state index contributed by atoms with van der Waals surface area (Å²) in [5, 5.41) is 0.0243. The fourth-order valence-electron chi connectivity index (χ4n) is 2.46. The van der Waals surface area contributed by atoms with Crippen LogP contribution in [-0.4, -0.2) is 27.5 Å². The minimum absolute atomic E-state index is 0.0243. The van der Waals surface area contributed by atoms with Gasteiger partial charge in [-0.15, -0.1) is 0 Å². The van der Waals surface area contributed by atoms with E-state index >= 15 is 0 Å². The lowest BCUT2D eigenvalue weighted by Crippen LogP contribution is -2.48. The molecule has 1 heterocycles. The van der Waals surface area contributed by atoms with E-state index in [0.29, 0.717) is 5.52 Å². The van der Waals surface area contributed by atoms with Crippen molar-refractivity contribution < 1.29 is 23.1 Å². The maximum absolute atomic E-state index is 13.6. The second kappa shape index (κ2) is 8.46. The van der Waals surface area contributed by atoms with Crippen molar-refractivity contribution in [1.29, 1.82) is 0 Å². The highest BCUT2D eigenvalue weighted by Gasteiger charge is 2.17. The first-order valence-corrected chi connectivity index (χ1v) is 8.49. The fraction of sp³-hybridized carbons (Fsp3) is 0.158. The van der Waals surface area contributed by atoms with E-state index in [-0.39, 0.29) is 11.1 Å². The number of rotatable bonds is 5. The number of benzene rings is 2. The van der Waals surface area contributed by atoms with Crippen molar-refractivity contribution in [2.45, 2.75) is 19.6 Å². The van der Waals surface area contributed by atoms with Gasteiger partial charge in [0, 0.05) is 0 Å². The molecule has 2 N–H and O–H groups in total. The number of carbonyl (C=O) groups is 2. The number of hydrogen-bond acceptors (Lipinski definition) is 5. The lowest BCUT2D eigenvalue weighted by Gasteiger charge is -2.15. The Kier molecular flexibility index (Phi) is 5.82. The van der Waals surface area contributed by atoms with Gasteiger partial charge in [0.25, 0.3) is 17.4 Å². The number of carbonyl (C=O) groups excluding carboxylic acids is 2. The van der Waals surface area contributed by atoms with Gasteiger partial charge < -0.3 is 4.74 Å². The summed E-state index contributed by atoms with van der Waals surface area (Å²) in [6.07, 6.45) is 0.0497. The smallest absolute Gasteiger partial charge is 0.279 e. The van der Waals surface area contributed by atoms with Crippen molar-refractivity contribution in [2.24, 2.45) is 0 Å². The number of hydrogen-bond donors (Lipinski definition) is 2. The van der Waals surface area contributed by atoms with Crippen LogP contribution >= 0.6 is 0 Å². The molecule has 8 nitrogen and oxygen atoms in total. The Hall–Kier alpha value is -3.82. The van der Waals surface area contributed by atoms with E-state index in [2.05, 4.69) is 15.8 Å². The number of nitrogens with one attached hydrogen (secondary N) is 2. The molecule has 0 aliphatic carbocycles. The highest BCUT2D eigenvalue weighted by Crippen LogP contribution is 2.16. The number of ether oxygens (including phenoxy) is 1. The molecule has 2 aromatic carbocycles. The summed E-state index contributed by atoms with van der Waals surface area (Å²) in [6.45, 7) is 0.918. The third-order valence-electron chi connectivity index (χ3n) is 3.93. The molecular weight excluding hydrogens is 386 g/mol. The maximum Gasteiger partial charge on any atom is 0.279 e. The van der Waals surface area contributed by atoms with E-state index in [9.17, 15) is 23.2 Å².